The molecule has 1 aromatic carbocycles. The predicted octanol–water partition coefficient (Wildman–Crippen LogP) is 2.98. The molecule has 0 aliphatic heterocycles. The molecular weight excluding hydrogens is 409 g/mol. The van der Waals surface area contributed by atoms with Gasteiger partial charge in [0.25, 0.3) is 5.69 Å². The van der Waals surface area contributed by atoms with Gasteiger partial charge in [0.1, 0.15) is 5.69 Å². The van der Waals surface area contributed by atoms with Gasteiger partial charge in [-0.3, -0.25) is 15.1 Å². The van der Waals surface area contributed by atoms with Crippen LogP contribution in [0.2, 0.25) is 0 Å². The summed E-state index contributed by atoms with van der Waals surface area (Å²) in [6.45, 7) is 6.95. The molecule has 0 atom stereocenters. The molecule has 0 spiro atoms. The van der Waals surface area contributed by atoms with Gasteiger partial charge in [0.05, 0.1) is 4.92 Å². The molecule has 1 rings (SSSR count). The summed E-state index contributed by atoms with van der Waals surface area (Å²) < 4.78 is 0. The minimum Gasteiger partial charge on any atom is -0.378 e. The van der Waals surface area contributed by atoms with Gasteiger partial charge in [-0.15, -0.1) is 24.0 Å². The molecule has 0 aromatic heterocycles. The van der Waals surface area contributed by atoms with E-state index in [0.29, 0.717) is 18.8 Å². The highest BCUT2D eigenvalue weighted by Gasteiger charge is 2.11. The lowest BCUT2D eigenvalue weighted by molar-refractivity contribution is -0.384. The molecule has 0 heterocycles. The zero-order chi connectivity index (χ0) is 16.2. The number of unbranched alkanes of at least 4 members (excludes halogenated alkanes) is 1. The Hall–Kier alpha value is -1.58. The molecule has 0 aliphatic rings. The fraction of sp³-hybridized carbons (Fsp3) is 0.533. The SMILES string of the molecule is CCCCN=C(NCC)NCCNc1ccccc1[N+](=O)[O-].I. The van der Waals surface area contributed by atoms with Crippen LogP contribution in [0.15, 0.2) is 29.3 Å². The lowest BCUT2D eigenvalue weighted by atomic mass is 10.2. The standard InChI is InChI=1S/C15H25N5O2.HI/c1-3-5-10-18-15(16-4-2)19-12-11-17-13-8-6-7-9-14(13)20(21)22;/h6-9,17H,3-5,10-12H2,1-2H3,(H2,16,18,19);1H. The van der Waals surface area contributed by atoms with Crippen LogP contribution in [0, 0.1) is 10.1 Å². The van der Waals surface area contributed by atoms with Gasteiger partial charge in [0.15, 0.2) is 5.96 Å². The first-order valence-corrected chi connectivity index (χ1v) is 7.68. The third-order valence-corrected chi connectivity index (χ3v) is 2.96. The molecule has 0 fully saturated rings. The molecule has 3 N–H and O–H groups in total. The number of guanidine groups is 1. The molecule has 130 valence electrons. The van der Waals surface area contributed by atoms with Crippen LogP contribution in [0.5, 0.6) is 0 Å². The number of para-hydroxylation sites is 2. The summed E-state index contributed by atoms with van der Waals surface area (Å²) in [7, 11) is 0. The van der Waals surface area contributed by atoms with E-state index in [1.54, 1.807) is 18.2 Å². The molecule has 7 nitrogen and oxygen atoms in total. The molecular formula is C15H26IN5O2. The summed E-state index contributed by atoms with van der Waals surface area (Å²) in [4.78, 5) is 15.0. The van der Waals surface area contributed by atoms with Gasteiger partial charge in [-0.25, -0.2) is 0 Å². The van der Waals surface area contributed by atoms with Crippen LogP contribution >= 0.6 is 24.0 Å². The fourth-order valence-corrected chi connectivity index (χ4v) is 1.85. The van der Waals surface area contributed by atoms with E-state index >= 15 is 0 Å². The van der Waals surface area contributed by atoms with Crippen LogP contribution in [-0.4, -0.2) is 37.1 Å². The Bertz CT molecular complexity index is 497. The van der Waals surface area contributed by atoms with Crippen molar-refractivity contribution in [2.75, 3.05) is 31.5 Å². The molecule has 8 heteroatoms. The van der Waals surface area contributed by atoms with E-state index in [4.69, 9.17) is 0 Å². The number of aliphatic imine (C=N–C) groups is 1. The minimum atomic E-state index is -0.383. The van der Waals surface area contributed by atoms with Crippen molar-refractivity contribution in [3.63, 3.8) is 0 Å². The highest BCUT2D eigenvalue weighted by molar-refractivity contribution is 14.0. The Morgan fingerprint density at radius 3 is 2.61 bits per heavy atom. The van der Waals surface area contributed by atoms with Crippen LogP contribution in [-0.2, 0) is 0 Å². The first-order valence-electron chi connectivity index (χ1n) is 7.68. The van der Waals surface area contributed by atoms with E-state index in [1.165, 1.54) is 6.07 Å². The van der Waals surface area contributed by atoms with E-state index in [1.807, 2.05) is 6.92 Å². The van der Waals surface area contributed by atoms with Crippen molar-refractivity contribution in [1.29, 1.82) is 0 Å². The summed E-state index contributed by atoms with van der Waals surface area (Å²) in [6, 6.07) is 6.63. The monoisotopic (exact) mass is 435 g/mol. The number of anilines is 1. The van der Waals surface area contributed by atoms with Gasteiger partial charge in [-0.05, 0) is 19.4 Å². The number of halogens is 1. The molecule has 0 saturated carbocycles. The van der Waals surface area contributed by atoms with E-state index < -0.39 is 0 Å². The second kappa shape index (κ2) is 12.9. The summed E-state index contributed by atoms with van der Waals surface area (Å²) in [5, 5.41) is 20.4. The van der Waals surface area contributed by atoms with Crippen LogP contribution in [0.4, 0.5) is 11.4 Å². The third kappa shape index (κ3) is 8.58. The van der Waals surface area contributed by atoms with Crippen molar-refractivity contribution in [2.45, 2.75) is 26.7 Å². The van der Waals surface area contributed by atoms with Crippen molar-refractivity contribution < 1.29 is 4.92 Å². The quantitative estimate of drug-likeness (QED) is 0.139. The maximum atomic E-state index is 10.9. The predicted molar refractivity (Wildman–Crippen MR) is 106 cm³/mol. The molecule has 0 amide bonds. The summed E-state index contributed by atoms with van der Waals surface area (Å²) in [5.41, 5.74) is 0.619. The second-order valence-electron chi connectivity index (χ2n) is 4.74. The van der Waals surface area contributed by atoms with Crippen molar-refractivity contribution in [1.82, 2.24) is 10.6 Å². The Morgan fingerprint density at radius 1 is 1.22 bits per heavy atom. The Morgan fingerprint density at radius 2 is 1.96 bits per heavy atom. The van der Waals surface area contributed by atoms with Crippen molar-refractivity contribution in [3.05, 3.63) is 34.4 Å². The van der Waals surface area contributed by atoms with Crippen LogP contribution in [0.3, 0.4) is 0 Å². The van der Waals surface area contributed by atoms with E-state index in [-0.39, 0.29) is 34.6 Å². The van der Waals surface area contributed by atoms with Crippen molar-refractivity contribution in [3.8, 4) is 0 Å². The van der Waals surface area contributed by atoms with Gasteiger partial charge >= 0.3 is 0 Å². The molecule has 1 aromatic rings. The first-order chi connectivity index (χ1) is 10.7. The largest absolute Gasteiger partial charge is 0.378 e. The highest BCUT2D eigenvalue weighted by atomic mass is 127. The summed E-state index contributed by atoms with van der Waals surface area (Å²) >= 11 is 0. The topological polar surface area (TPSA) is 91.6 Å². The lowest BCUT2D eigenvalue weighted by Crippen LogP contribution is -2.39. The molecule has 0 aliphatic carbocycles. The fourth-order valence-electron chi connectivity index (χ4n) is 1.85. The van der Waals surface area contributed by atoms with E-state index in [9.17, 15) is 10.1 Å². The molecule has 0 bridgehead atoms. The number of nitrogens with zero attached hydrogens (tertiary/aromatic N) is 2. The van der Waals surface area contributed by atoms with Gasteiger partial charge in [0.2, 0.25) is 0 Å². The van der Waals surface area contributed by atoms with Crippen molar-refractivity contribution in [2.24, 2.45) is 4.99 Å². The number of nitrogens with one attached hydrogen (secondary N) is 3. The maximum absolute atomic E-state index is 10.9. The summed E-state index contributed by atoms with van der Waals surface area (Å²) in [5.74, 6) is 0.778. The van der Waals surface area contributed by atoms with Gasteiger partial charge in [-0.1, -0.05) is 25.5 Å². The zero-order valence-electron chi connectivity index (χ0n) is 13.7. The third-order valence-electron chi connectivity index (χ3n) is 2.96. The van der Waals surface area contributed by atoms with Crippen molar-refractivity contribution >= 4 is 41.3 Å². The molecule has 23 heavy (non-hydrogen) atoms. The van der Waals surface area contributed by atoms with E-state index in [0.717, 1.165) is 31.9 Å². The molecule has 0 saturated heterocycles. The van der Waals surface area contributed by atoms with Gasteiger partial charge in [-0.2, -0.15) is 0 Å². The zero-order valence-corrected chi connectivity index (χ0v) is 16.0. The minimum absolute atomic E-state index is 0. The van der Waals surface area contributed by atoms with Gasteiger partial charge in [0, 0.05) is 32.2 Å². The average molecular weight is 435 g/mol. The number of hydrogen-bond donors (Lipinski definition) is 3. The molecule has 0 unspecified atom stereocenters. The smallest absolute Gasteiger partial charge is 0.292 e. The number of rotatable bonds is 9. The number of benzene rings is 1. The first kappa shape index (κ1) is 21.4. The summed E-state index contributed by atoms with van der Waals surface area (Å²) in [6.07, 6.45) is 2.17. The maximum Gasteiger partial charge on any atom is 0.292 e. The Balaban J connectivity index is 0.00000484. The molecule has 0 radical (unpaired) electrons. The Labute approximate surface area is 154 Å². The second-order valence-corrected chi connectivity index (χ2v) is 4.74. The van der Waals surface area contributed by atoms with Crippen LogP contribution in [0.1, 0.15) is 26.7 Å². The normalized spacial score (nSPS) is 10.6. The average Bonchev–Trinajstić information content (AvgIpc) is 2.52. The number of nitro groups is 1. The van der Waals surface area contributed by atoms with Crippen LogP contribution in [0.25, 0.3) is 0 Å². The highest BCUT2D eigenvalue weighted by Crippen LogP contribution is 2.22. The number of hydrogen-bond acceptors (Lipinski definition) is 4. The van der Waals surface area contributed by atoms with E-state index in [2.05, 4.69) is 27.9 Å². The van der Waals surface area contributed by atoms with Gasteiger partial charge < -0.3 is 16.0 Å². The van der Waals surface area contributed by atoms with Crippen LogP contribution < -0.4 is 16.0 Å². The Kier molecular flexibility index (Phi) is 12.0. The number of nitro benzene ring substituents is 1. The lowest BCUT2D eigenvalue weighted by Gasteiger charge is -2.12.